The van der Waals surface area contributed by atoms with E-state index < -0.39 is 11.9 Å². The van der Waals surface area contributed by atoms with Gasteiger partial charge in [0.25, 0.3) is 0 Å². The van der Waals surface area contributed by atoms with E-state index in [1.807, 2.05) is 0 Å². The smallest absolute Gasteiger partial charge is 0.316 e. The fourth-order valence-electron chi connectivity index (χ4n) is 1.55. The molecule has 18 heavy (non-hydrogen) atoms. The molecular formula is C13H14BrClO3. The zero-order valence-electron chi connectivity index (χ0n) is 10.2. The van der Waals surface area contributed by atoms with Crippen molar-refractivity contribution in [3.63, 3.8) is 0 Å². The van der Waals surface area contributed by atoms with Gasteiger partial charge in [0.15, 0.2) is 5.78 Å². The predicted molar refractivity (Wildman–Crippen MR) is 73.9 cm³/mol. The molecule has 0 spiro atoms. The van der Waals surface area contributed by atoms with Crippen LogP contribution in [-0.4, -0.2) is 18.4 Å². The molecule has 0 radical (unpaired) electrons. The van der Waals surface area contributed by atoms with Crippen LogP contribution < -0.4 is 0 Å². The minimum Gasteiger partial charge on any atom is -0.465 e. The third kappa shape index (κ3) is 3.56. The molecule has 0 aliphatic carbocycles. The monoisotopic (exact) mass is 332 g/mol. The van der Waals surface area contributed by atoms with Gasteiger partial charge < -0.3 is 4.74 Å². The van der Waals surface area contributed by atoms with Crippen LogP contribution in [0.4, 0.5) is 0 Å². The molecule has 0 aromatic heterocycles. The summed E-state index contributed by atoms with van der Waals surface area (Å²) < 4.78 is 5.53. The van der Waals surface area contributed by atoms with Gasteiger partial charge in [0, 0.05) is 10.0 Å². The van der Waals surface area contributed by atoms with E-state index in [4.69, 9.17) is 16.3 Å². The van der Waals surface area contributed by atoms with Crippen LogP contribution in [0.1, 0.15) is 30.6 Å². The summed E-state index contributed by atoms with van der Waals surface area (Å²) in [4.78, 5) is 23.9. The van der Waals surface area contributed by atoms with E-state index in [0.717, 1.165) is 0 Å². The summed E-state index contributed by atoms with van der Waals surface area (Å²) in [5.74, 6) is -1.47. The van der Waals surface area contributed by atoms with Gasteiger partial charge in [0.05, 0.1) is 11.6 Å². The first-order valence-electron chi connectivity index (χ1n) is 5.67. The fourth-order valence-corrected chi connectivity index (χ4v) is 2.05. The Hall–Kier alpha value is -0.870. The van der Waals surface area contributed by atoms with Crippen LogP contribution in [0.15, 0.2) is 22.7 Å². The van der Waals surface area contributed by atoms with E-state index >= 15 is 0 Å². The molecule has 0 amide bonds. The van der Waals surface area contributed by atoms with Crippen LogP contribution in [0.3, 0.4) is 0 Å². The van der Waals surface area contributed by atoms with Crippen molar-refractivity contribution in [1.82, 2.24) is 0 Å². The number of hydrogen-bond donors (Lipinski definition) is 0. The summed E-state index contributed by atoms with van der Waals surface area (Å²) in [6.07, 6.45) is 0.415. The van der Waals surface area contributed by atoms with Crippen molar-refractivity contribution in [2.75, 3.05) is 6.61 Å². The largest absolute Gasteiger partial charge is 0.465 e. The maximum absolute atomic E-state index is 12.2. The van der Waals surface area contributed by atoms with E-state index in [9.17, 15) is 9.59 Å². The van der Waals surface area contributed by atoms with E-state index in [1.54, 1.807) is 32.0 Å². The second-order valence-electron chi connectivity index (χ2n) is 3.71. The molecule has 5 heteroatoms. The van der Waals surface area contributed by atoms with Crippen molar-refractivity contribution in [2.45, 2.75) is 20.3 Å². The Labute approximate surface area is 120 Å². The second kappa shape index (κ2) is 6.90. The topological polar surface area (TPSA) is 43.4 Å². The molecule has 0 aliphatic rings. The molecule has 0 saturated carbocycles. The molecule has 0 bridgehead atoms. The molecule has 1 atom stereocenters. The Morgan fingerprint density at radius 2 is 2.06 bits per heavy atom. The van der Waals surface area contributed by atoms with E-state index in [0.29, 0.717) is 21.5 Å². The number of carbonyl (C=O) groups excluding carboxylic acids is 2. The minimum atomic E-state index is -0.752. The van der Waals surface area contributed by atoms with Crippen LogP contribution in [0.25, 0.3) is 0 Å². The van der Waals surface area contributed by atoms with Gasteiger partial charge >= 0.3 is 5.97 Å². The van der Waals surface area contributed by atoms with Crippen molar-refractivity contribution in [1.29, 1.82) is 0 Å². The normalized spacial score (nSPS) is 12.0. The first kappa shape index (κ1) is 15.2. The molecule has 1 aromatic carbocycles. The van der Waals surface area contributed by atoms with Crippen LogP contribution >= 0.6 is 27.5 Å². The highest BCUT2D eigenvalue weighted by Crippen LogP contribution is 2.25. The van der Waals surface area contributed by atoms with Crippen molar-refractivity contribution < 1.29 is 14.3 Å². The van der Waals surface area contributed by atoms with E-state index in [-0.39, 0.29) is 12.4 Å². The maximum atomic E-state index is 12.2. The average molecular weight is 334 g/mol. The Bertz CT molecular complexity index is 460. The van der Waals surface area contributed by atoms with Crippen molar-refractivity contribution in [2.24, 2.45) is 5.92 Å². The number of halogens is 2. The van der Waals surface area contributed by atoms with Crippen molar-refractivity contribution in [3.8, 4) is 0 Å². The Kier molecular flexibility index (Phi) is 5.82. The van der Waals surface area contributed by atoms with Crippen LogP contribution in [0, 0.1) is 5.92 Å². The maximum Gasteiger partial charge on any atom is 0.316 e. The standard InChI is InChI=1S/C13H14BrClO3/c1-3-9(13(17)18-4-2)12(16)8-5-6-11(15)10(14)7-8/h5-7,9H,3-4H2,1-2H3. The lowest BCUT2D eigenvalue weighted by Gasteiger charge is -2.12. The number of Topliss-reactive ketones (excluding diaryl/α,β-unsaturated/α-hetero) is 1. The average Bonchev–Trinajstić information content (AvgIpc) is 2.33. The number of rotatable bonds is 5. The van der Waals surface area contributed by atoms with E-state index in [2.05, 4.69) is 15.9 Å². The summed E-state index contributed by atoms with van der Waals surface area (Å²) in [6, 6.07) is 4.85. The Morgan fingerprint density at radius 3 is 2.56 bits per heavy atom. The highest BCUT2D eigenvalue weighted by atomic mass is 79.9. The van der Waals surface area contributed by atoms with Gasteiger partial charge in [-0.25, -0.2) is 0 Å². The summed E-state index contributed by atoms with van der Waals surface area (Å²) in [6.45, 7) is 3.77. The molecule has 0 saturated heterocycles. The molecular weight excluding hydrogens is 319 g/mol. The number of benzene rings is 1. The molecule has 0 aliphatic heterocycles. The minimum absolute atomic E-state index is 0.242. The Balaban J connectivity index is 2.96. The Morgan fingerprint density at radius 1 is 1.39 bits per heavy atom. The zero-order chi connectivity index (χ0) is 13.7. The zero-order valence-corrected chi connectivity index (χ0v) is 12.5. The number of hydrogen-bond acceptors (Lipinski definition) is 3. The lowest BCUT2D eigenvalue weighted by atomic mass is 9.95. The van der Waals surface area contributed by atoms with Gasteiger partial charge in [-0.15, -0.1) is 0 Å². The molecule has 0 heterocycles. The predicted octanol–water partition coefficient (Wildman–Crippen LogP) is 3.87. The van der Waals surface area contributed by atoms with Crippen LogP contribution in [0.5, 0.6) is 0 Å². The third-order valence-electron chi connectivity index (χ3n) is 2.50. The van der Waals surface area contributed by atoms with Crippen LogP contribution in [0.2, 0.25) is 5.02 Å². The van der Waals surface area contributed by atoms with Gasteiger partial charge in [0.1, 0.15) is 5.92 Å². The summed E-state index contributed by atoms with van der Waals surface area (Å²) in [5, 5.41) is 0.524. The fraction of sp³-hybridized carbons (Fsp3) is 0.385. The molecule has 1 aromatic rings. The van der Waals surface area contributed by atoms with E-state index in [1.165, 1.54) is 0 Å². The molecule has 0 N–H and O–H groups in total. The van der Waals surface area contributed by atoms with Crippen molar-refractivity contribution >= 4 is 39.3 Å². The molecule has 1 rings (SSSR count). The van der Waals surface area contributed by atoms with Crippen LogP contribution in [-0.2, 0) is 9.53 Å². The number of carbonyl (C=O) groups is 2. The summed E-state index contributed by atoms with van der Waals surface area (Å²) in [5.41, 5.74) is 0.450. The number of ketones is 1. The van der Waals surface area contributed by atoms with Gasteiger partial charge in [-0.2, -0.15) is 0 Å². The van der Waals surface area contributed by atoms with Crippen molar-refractivity contribution in [3.05, 3.63) is 33.3 Å². The number of ether oxygens (including phenoxy) is 1. The quantitative estimate of drug-likeness (QED) is 0.467. The van der Waals surface area contributed by atoms with Gasteiger partial charge in [0.2, 0.25) is 0 Å². The summed E-state index contributed by atoms with van der Waals surface area (Å²) in [7, 11) is 0. The second-order valence-corrected chi connectivity index (χ2v) is 4.97. The first-order chi connectivity index (χ1) is 8.51. The SMILES string of the molecule is CCOC(=O)C(CC)C(=O)c1ccc(Cl)c(Br)c1. The highest BCUT2D eigenvalue weighted by Gasteiger charge is 2.27. The number of esters is 1. The van der Waals surface area contributed by atoms with Gasteiger partial charge in [-0.3, -0.25) is 9.59 Å². The van der Waals surface area contributed by atoms with Gasteiger partial charge in [-0.05, 0) is 47.5 Å². The lowest BCUT2D eigenvalue weighted by Crippen LogP contribution is -2.25. The first-order valence-corrected chi connectivity index (χ1v) is 6.84. The molecule has 3 nitrogen and oxygen atoms in total. The lowest BCUT2D eigenvalue weighted by molar-refractivity contribution is -0.146. The highest BCUT2D eigenvalue weighted by molar-refractivity contribution is 9.10. The van der Waals surface area contributed by atoms with Gasteiger partial charge in [-0.1, -0.05) is 18.5 Å². The summed E-state index contributed by atoms with van der Waals surface area (Å²) >= 11 is 9.11. The molecule has 98 valence electrons. The molecule has 1 unspecified atom stereocenters. The third-order valence-corrected chi connectivity index (χ3v) is 3.71. The molecule has 0 fully saturated rings.